The van der Waals surface area contributed by atoms with E-state index in [0.717, 1.165) is 0 Å². The van der Waals surface area contributed by atoms with Crippen LogP contribution in [-0.2, 0) is 28.8 Å². The molecule has 3 amide bonds. The van der Waals surface area contributed by atoms with Crippen LogP contribution < -0.4 is 5.32 Å². The molecule has 0 bridgehead atoms. The molecule has 0 aromatic carbocycles. The van der Waals surface area contributed by atoms with E-state index in [1.165, 1.54) is 6.92 Å². The zero-order valence-corrected chi connectivity index (χ0v) is 10.4. The molecule has 19 heavy (non-hydrogen) atoms. The smallest absolute Gasteiger partial charge is 0.345 e. The lowest BCUT2D eigenvalue weighted by molar-refractivity contribution is -0.196. The molecule has 1 rings (SSSR count). The van der Waals surface area contributed by atoms with Crippen LogP contribution in [0.15, 0.2) is 0 Å². The van der Waals surface area contributed by atoms with Crippen LogP contribution in [0.5, 0.6) is 0 Å². The Hall–Kier alpha value is -2.25. The molecule has 1 heterocycles. The minimum Gasteiger partial charge on any atom is -0.345 e. The summed E-state index contributed by atoms with van der Waals surface area (Å²) < 4.78 is 0. The van der Waals surface area contributed by atoms with Gasteiger partial charge in [0.05, 0.1) is 0 Å². The van der Waals surface area contributed by atoms with Gasteiger partial charge in [0.15, 0.2) is 0 Å². The molecule has 1 fully saturated rings. The Morgan fingerprint density at radius 2 is 1.74 bits per heavy atom. The highest BCUT2D eigenvalue weighted by molar-refractivity contribution is 6.01. The van der Waals surface area contributed by atoms with Crippen LogP contribution in [0.25, 0.3) is 0 Å². The second-order valence-corrected chi connectivity index (χ2v) is 4.02. The summed E-state index contributed by atoms with van der Waals surface area (Å²) >= 11 is 0. The van der Waals surface area contributed by atoms with Crippen LogP contribution in [-0.4, -0.2) is 41.1 Å². The molecule has 0 unspecified atom stereocenters. The number of hydroxylamine groups is 2. The molecule has 8 heteroatoms. The number of nitrogens with zero attached hydrogens (tertiary/aromatic N) is 1. The van der Waals surface area contributed by atoms with Crippen LogP contribution in [0.1, 0.15) is 32.6 Å². The fraction of sp³-hybridized carbons (Fsp3) is 0.545. The number of hydrogen-bond donors (Lipinski definition) is 1. The highest BCUT2D eigenvalue weighted by Gasteiger charge is 2.32. The zero-order valence-electron chi connectivity index (χ0n) is 10.4. The number of rotatable bonds is 6. The Balaban J connectivity index is 2.28. The van der Waals surface area contributed by atoms with E-state index in [0.29, 0.717) is 5.06 Å². The molecule has 0 aromatic rings. The summed E-state index contributed by atoms with van der Waals surface area (Å²) in [6, 6.07) is 0. The second-order valence-electron chi connectivity index (χ2n) is 4.02. The number of carbonyl (C=O) groups is 5. The molecule has 0 spiro atoms. The molecule has 104 valence electrons. The minimum atomic E-state index is -0.917. The summed E-state index contributed by atoms with van der Waals surface area (Å²) in [5.41, 5.74) is 0. The number of Topliss-reactive ketones (excluding diaryl/α,β-unsaturated/α-hetero) is 1. The SMILES string of the molecule is CC(=O)CCC(=O)NCC(=O)ON1C(=O)CCC1=O. The van der Waals surface area contributed by atoms with Crippen molar-refractivity contribution in [3.05, 3.63) is 0 Å². The van der Waals surface area contributed by atoms with Crippen LogP contribution in [0.2, 0.25) is 0 Å². The van der Waals surface area contributed by atoms with Gasteiger partial charge in [-0.05, 0) is 6.92 Å². The first-order valence-corrected chi connectivity index (χ1v) is 5.73. The van der Waals surface area contributed by atoms with Crippen molar-refractivity contribution < 1.29 is 28.8 Å². The Morgan fingerprint density at radius 1 is 1.16 bits per heavy atom. The van der Waals surface area contributed by atoms with Crippen molar-refractivity contribution in [3.63, 3.8) is 0 Å². The highest BCUT2D eigenvalue weighted by atomic mass is 16.7. The summed E-state index contributed by atoms with van der Waals surface area (Å²) in [7, 11) is 0. The summed E-state index contributed by atoms with van der Waals surface area (Å²) in [6.07, 6.45) is 0.0856. The average Bonchev–Trinajstić information content (AvgIpc) is 2.65. The van der Waals surface area contributed by atoms with Crippen molar-refractivity contribution in [2.75, 3.05) is 6.54 Å². The maximum atomic E-state index is 11.3. The van der Waals surface area contributed by atoms with Crippen LogP contribution in [0.4, 0.5) is 0 Å². The molecule has 8 nitrogen and oxygen atoms in total. The summed E-state index contributed by atoms with van der Waals surface area (Å²) in [5, 5.41) is 2.63. The van der Waals surface area contributed by atoms with E-state index in [-0.39, 0.29) is 31.5 Å². The Kier molecular flexibility index (Phi) is 5.16. The summed E-state index contributed by atoms with van der Waals surface area (Å²) in [5.74, 6) is -2.69. The number of nitrogens with one attached hydrogen (secondary N) is 1. The van der Waals surface area contributed by atoms with Crippen LogP contribution in [0, 0.1) is 0 Å². The maximum absolute atomic E-state index is 11.3. The third kappa shape index (κ3) is 4.86. The first-order valence-electron chi connectivity index (χ1n) is 5.73. The van der Waals surface area contributed by atoms with Gasteiger partial charge in [-0.25, -0.2) is 4.79 Å². The molecule has 0 atom stereocenters. The molecule has 0 aliphatic carbocycles. The van der Waals surface area contributed by atoms with Gasteiger partial charge in [-0.3, -0.25) is 14.4 Å². The average molecular weight is 270 g/mol. The van der Waals surface area contributed by atoms with Gasteiger partial charge in [0, 0.05) is 25.7 Å². The van der Waals surface area contributed by atoms with Crippen molar-refractivity contribution >= 4 is 29.5 Å². The molecular formula is C11H14N2O6. The van der Waals surface area contributed by atoms with E-state index in [1.807, 2.05) is 0 Å². The highest BCUT2D eigenvalue weighted by Crippen LogP contribution is 2.11. The lowest BCUT2D eigenvalue weighted by atomic mass is 10.2. The third-order valence-corrected chi connectivity index (χ3v) is 2.33. The van der Waals surface area contributed by atoms with E-state index < -0.39 is 30.2 Å². The molecule has 0 radical (unpaired) electrons. The standard InChI is InChI=1S/C11H14N2O6/c1-7(14)2-3-8(15)12-6-11(18)19-13-9(16)4-5-10(13)17/h2-6H2,1H3,(H,12,15). The normalized spacial score (nSPS) is 14.5. The molecule has 1 aliphatic rings. The molecule has 0 aromatic heterocycles. The first-order chi connectivity index (χ1) is 8.90. The molecule has 1 aliphatic heterocycles. The number of carbonyl (C=O) groups excluding carboxylic acids is 5. The topological polar surface area (TPSA) is 110 Å². The third-order valence-electron chi connectivity index (χ3n) is 2.33. The lowest BCUT2D eigenvalue weighted by Gasteiger charge is -2.12. The van der Waals surface area contributed by atoms with Gasteiger partial charge in [-0.15, -0.1) is 5.06 Å². The Morgan fingerprint density at radius 3 is 2.26 bits per heavy atom. The first kappa shape index (κ1) is 14.8. The van der Waals surface area contributed by atoms with Gasteiger partial charge in [0.2, 0.25) is 5.91 Å². The minimum absolute atomic E-state index is 0.0110. The van der Waals surface area contributed by atoms with E-state index in [2.05, 4.69) is 10.2 Å². The van der Waals surface area contributed by atoms with Gasteiger partial charge in [0.25, 0.3) is 11.8 Å². The van der Waals surface area contributed by atoms with Crippen LogP contribution in [0.3, 0.4) is 0 Å². The van der Waals surface area contributed by atoms with Crippen LogP contribution >= 0.6 is 0 Å². The van der Waals surface area contributed by atoms with E-state index in [1.54, 1.807) is 0 Å². The van der Waals surface area contributed by atoms with Crippen molar-refractivity contribution in [3.8, 4) is 0 Å². The quantitative estimate of drug-likeness (QED) is 0.625. The van der Waals surface area contributed by atoms with E-state index in [9.17, 15) is 24.0 Å². The number of hydrogen-bond acceptors (Lipinski definition) is 6. The number of ketones is 1. The Labute approximate surface area is 109 Å². The van der Waals surface area contributed by atoms with Gasteiger partial charge in [0.1, 0.15) is 12.3 Å². The zero-order chi connectivity index (χ0) is 14.4. The maximum Gasteiger partial charge on any atom is 0.352 e. The number of imide groups is 1. The number of amides is 3. The lowest BCUT2D eigenvalue weighted by Crippen LogP contribution is -2.37. The molecular weight excluding hydrogens is 256 g/mol. The van der Waals surface area contributed by atoms with Gasteiger partial charge < -0.3 is 14.9 Å². The predicted octanol–water partition coefficient (Wildman–Crippen LogP) is -0.921. The monoisotopic (exact) mass is 270 g/mol. The largest absolute Gasteiger partial charge is 0.352 e. The van der Waals surface area contributed by atoms with Crippen molar-refractivity contribution in [1.29, 1.82) is 0 Å². The molecule has 0 saturated carbocycles. The van der Waals surface area contributed by atoms with Crippen molar-refractivity contribution in [2.24, 2.45) is 0 Å². The van der Waals surface area contributed by atoms with E-state index in [4.69, 9.17) is 0 Å². The van der Waals surface area contributed by atoms with E-state index >= 15 is 0 Å². The fourth-order valence-electron chi connectivity index (χ4n) is 1.34. The van der Waals surface area contributed by atoms with Gasteiger partial charge in [-0.1, -0.05) is 0 Å². The van der Waals surface area contributed by atoms with Gasteiger partial charge in [-0.2, -0.15) is 0 Å². The summed E-state index contributed by atoms with van der Waals surface area (Å²) in [6.45, 7) is 0.889. The van der Waals surface area contributed by atoms with Crippen molar-refractivity contribution in [2.45, 2.75) is 32.6 Å². The molecule has 1 N–H and O–H groups in total. The molecule has 1 saturated heterocycles. The van der Waals surface area contributed by atoms with Crippen molar-refractivity contribution in [1.82, 2.24) is 10.4 Å². The Bertz CT molecular complexity index is 415. The second kappa shape index (κ2) is 6.62. The predicted molar refractivity (Wildman–Crippen MR) is 60.1 cm³/mol. The fourth-order valence-corrected chi connectivity index (χ4v) is 1.34. The summed E-state index contributed by atoms with van der Waals surface area (Å²) in [4.78, 5) is 59.9. The van der Waals surface area contributed by atoms with Gasteiger partial charge >= 0.3 is 5.97 Å².